The molecular weight excluding hydrogens is 529 g/mol. The molecular formula is C34H43N4S2+. The second-order valence-electron chi connectivity index (χ2n) is 9.51. The monoisotopic (exact) mass is 571 g/mol. The van der Waals surface area contributed by atoms with Gasteiger partial charge in [-0.05, 0) is 90.7 Å². The van der Waals surface area contributed by atoms with Gasteiger partial charge < -0.3 is 16.0 Å². The minimum Gasteiger partial charge on any atom is -0.394 e. The Labute approximate surface area is 249 Å². The Bertz CT molecular complexity index is 1290. The molecule has 0 saturated heterocycles. The molecule has 6 heteroatoms. The van der Waals surface area contributed by atoms with Crippen molar-refractivity contribution in [2.75, 3.05) is 42.3 Å². The zero-order chi connectivity index (χ0) is 28.6. The van der Waals surface area contributed by atoms with Gasteiger partial charge >= 0.3 is 0 Å². The van der Waals surface area contributed by atoms with Crippen LogP contribution in [0.15, 0.2) is 103 Å². The van der Waals surface area contributed by atoms with E-state index in [2.05, 4.69) is 139 Å². The maximum atomic E-state index is 3.53. The first kappa shape index (κ1) is 31.2. The minimum absolute atomic E-state index is 0.951. The topological polar surface area (TPSA) is 40.0 Å². The summed E-state index contributed by atoms with van der Waals surface area (Å²) in [6.07, 6.45) is 14.8. The summed E-state index contributed by atoms with van der Waals surface area (Å²) in [4.78, 5) is 0. The molecule has 40 heavy (non-hydrogen) atoms. The molecule has 0 radical (unpaired) electrons. The van der Waals surface area contributed by atoms with Gasteiger partial charge in [0.2, 0.25) is 0 Å². The molecule has 0 aliphatic carbocycles. The van der Waals surface area contributed by atoms with Crippen molar-refractivity contribution >= 4 is 50.7 Å². The number of pyridine rings is 1. The number of rotatable bonds is 15. The molecule has 3 aromatic rings. The van der Waals surface area contributed by atoms with Gasteiger partial charge in [-0.1, -0.05) is 64.1 Å². The molecule has 3 N–H and O–H groups in total. The highest BCUT2D eigenvalue weighted by Crippen LogP contribution is 2.22. The number of anilines is 2. The number of allylic oxidation sites excluding steroid dienone is 5. The van der Waals surface area contributed by atoms with E-state index in [-0.39, 0.29) is 0 Å². The van der Waals surface area contributed by atoms with Crippen molar-refractivity contribution < 1.29 is 4.57 Å². The van der Waals surface area contributed by atoms with E-state index < -0.39 is 0 Å². The molecule has 1 aromatic heterocycles. The number of benzene rings is 2. The average molecular weight is 572 g/mol. The van der Waals surface area contributed by atoms with E-state index in [1.54, 1.807) is 0 Å². The van der Waals surface area contributed by atoms with Crippen LogP contribution < -0.4 is 20.5 Å². The van der Waals surface area contributed by atoms with Crippen LogP contribution in [-0.2, 0) is 7.05 Å². The van der Waals surface area contributed by atoms with Gasteiger partial charge in [-0.3, -0.25) is 0 Å². The second kappa shape index (κ2) is 17.4. The van der Waals surface area contributed by atoms with E-state index in [4.69, 9.17) is 0 Å². The van der Waals surface area contributed by atoms with E-state index in [1.807, 2.05) is 41.9 Å². The molecule has 0 saturated carbocycles. The Morgan fingerprint density at radius 2 is 1.30 bits per heavy atom. The fraction of sp³-hybridized carbons (Fsp3) is 0.265. The summed E-state index contributed by atoms with van der Waals surface area (Å²) in [6, 6.07) is 21.6. The van der Waals surface area contributed by atoms with Crippen molar-refractivity contribution in [1.82, 2.24) is 5.32 Å². The van der Waals surface area contributed by atoms with E-state index in [9.17, 15) is 0 Å². The summed E-state index contributed by atoms with van der Waals surface area (Å²) in [6.45, 7) is 8.28. The molecule has 0 unspecified atom stereocenters. The van der Waals surface area contributed by atoms with Crippen molar-refractivity contribution in [3.8, 4) is 0 Å². The predicted octanol–water partition coefficient (Wildman–Crippen LogP) is 8.06. The van der Waals surface area contributed by atoms with Gasteiger partial charge in [-0.2, -0.15) is 0 Å². The van der Waals surface area contributed by atoms with E-state index >= 15 is 0 Å². The van der Waals surface area contributed by atoms with Crippen molar-refractivity contribution in [2.45, 2.75) is 20.8 Å². The molecule has 0 aliphatic rings. The van der Waals surface area contributed by atoms with Gasteiger partial charge in [0.15, 0.2) is 12.4 Å². The molecule has 0 bridgehead atoms. The van der Waals surface area contributed by atoms with Crippen molar-refractivity contribution in [2.24, 2.45) is 7.05 Å². The SMILES string of the molecule is CC=C(C=CNC)C(C)=Cc1ccc(NCCSSCCNc2ccc(C=C(C)c3cc[n+](C)cc3)cc2)cc1. The first-order valence-corrected chi connectivity index (χ1v) is 16.2. The quantitative estimate of drug-likeness (QED) is 0.0745. The Balaban J connectivity index is 1.30. The maximum Gasteiger partial charge on any atom is 0.169 e. The Kier molecular flexibility index (Phi) is 13.5. The van der Waals surface area contributed by atoms with Crippen LogP contribution >= 0.6 is 21.6 Å². The maximum absolute atomic E-state index is 3.53. The fourth-order valence-electron chi connectivity index (χ4n) is 4.05. The minimum atomic E-state index is 0.951. The summed E-state index contributed by atoms with van der Waals surface area (Å²) in [5.41, 5.74) is 9.73. The lowest BCUT2D eigenvalue weighted by molar-refractivity contribution is -0.671. The zero-order valence-electron chi connectivity index (χ0n) is 24.4. The predicted molar refractivity (Wildman–Crippen MR) is 182 cm³/mol. The molecule has 0 aliphatic heterocycles. The van der Waals surface area contributed by atoms with E-state index in [1.165, 1.54) is 39.1 Å². The van der Waals surface area contributed by atoms with Crippen LogP contribution in [0, 0.1) is 0 Å². The highest BCUT2D eigenvalue weighted by atomic mass is 33.1. The lowest BCUT2D eigenvalue weighted by Gasteiger charge is -2.08. The number of nitrogens with zero attached hydrogens (tertiary/aromatic N) is 1. The molecule has 0 fully saturated rings. The van der Waals surface area contributed by atoms with Crippen LogP contribution in [0.5, 0.6) is 0 Å². The summed E-state index contributed by atoms with van der Waals surface area (Å²) < 4.78 is 2.05. The van der Waals surface area contributed by atoms with Crippen LogP contribution in [0.25, 0.3) is 17.7 Å². The van der Waals surface area contributed by atoms with Gasteiger partial charge in [-0.25, -0.2) is 4.57 Å². The van der Waals surface area contributed by atoms with Crippen molar-refractivity contribution in [3.05, 3.63) is 119 Å². The molecule has 1 heterocycles. The number of aromatic nitrogens is 1. The first-order chi connectivity index (χ1) is 19.5. The molecule has 0 atom stereocenters. The Morgan fingerprint density at radius 1 is 0.775 bits per heavy atom. The summed E-state index contributed by atoms with van der Waals surface area (Å²) in [5.74, 6) is 2.13. The molecule has 4 nitrogen and oxygen atoms in total. The van der Waals surface area contributed by atoms with Gasteiger partial charge in [0.25, 0.3) is 0 Å². The van der Waals surface area contributed by atoms with Gasteiger partial charge in [-0.15, -0.1) is 0 Å². The van der Waals surface area contributed by atoms with Crippen molar-refractivity contribution in [3.63, 3.8) is 0 Å². The van der Waals surface area contributed by atoms with Gasteiger partial charge in [0, 0.05) is 55.2 Å². The fourth-order valence-corrected chi connectivity index (χ4v) is 5.86. The van der Waals surface area contributed by atoms with Crippen LogP contribution in [0.3, 0.4) is 0 Å². The molecule has 3 rings (SSSR count). The zero-order valence-corrected chi connectivity index (χ0v) is 26.0. The lowest BCUT2D eigenvalue weighted by Crippen LogP contribution is -2.25. The molecule has 0 amide bonds. The van der Waals surface area contributed by atoms with Crippen LogP contribution in [0.4, 0.5) is 11.4 Å². The largest absolute Gasteiger partial charge is 0.394 e. The smallest absolute Gasteiger partial charge is 0.169 e. The third kappa shape index (κ3) is 11.0. The third-order valence-electron chi connectivity index (χ3n) is 6.33. The van der Waals surface area contributed by atoms with Crippen LogP contribution in [0.2, 0.25) is 0 Å². The average Bonchev–Trinajstić information content (AvgIpc) is 2.97. The number of nitrogens with one attached hydrogen (secondary N) is 3. The Morgan fingerprint density at radius 3 is 1.80 bits per heavy atom. The molecule has 0 spiro atoms. The van der Waals surface area contributed by atoms with Crippen LogP contribution in [0.1, 0.15) is 37.5 Å². The lowest BCUT2D eigenvalue weighted by atomic mass is 10.0. The second-order valence-corrected chi connectivity index (χ2v) is 12.2. The highest BCUT2D eigenvalue weighted by molar-refractivity contribution is 8.76. The standard InChI is InChI=1S/C34H42N4S2/c1-6-31(15-18-35-4)27(2)25-29-7-11-33(12-8-29)36-19-23-39-40-24-20-37-34-13-9-30(10-14-34)26-28(3)32-16-21-38(5)22-17-32/h6-18,21-22,25-26,35-36H,19-20,23-24H2,1-5H3/p+1. The van der Waals surface area contributed by atoms with E-state index in [0.717, 1.165) is 30.3 Å². The number of aryl methyl sites for hydroxylation is 1. The molecule has 210 valence electrons. The number of hydrogen-bond acceptors (Lipinski definition) is 5. The summed E-state index contributed by atoms with van der Waals surface area (Å²) >= 11 is 0. The summed E-state index contributed by atoms with van der Waals surface area (Å²) in [5, 5.41) is 10.1. The Hall–Kier alpha value is -3.35. The van der Waals surface area contributed by atoms with E-state index in [0.29, 0.717) is 0 Å². The molecule has 2 aromatic carbocycles. The number of hydrogen-bond donors (Lipinski definition) is 3. The third-order valence-corrected chi connectivity index (χ3v) is 8.74. The van der Waals surface area contributed by atoms with Gasteiger partial charge in [0.1, 0.15) is 7.05 Å². The first-order valence-electron chi connectivity index (χ1n) is 13.7. The highest BCUT2D eigenvalue weighted by Gasteiger charge is 2.01. The van der Waals surface area contributed by atoms with Crippen molar-refractivity contribution in [1.29, 1.82) is 0 Å². The van der Waals surface area contributed by atoms with Gasteiger partial charge in [0.05, 0.1) is 0 Å². The van der Waals surface area contributed by atoms with Crippen LogP contribution in [-0.4, -0.2) is 31.6 Å². The normalized spacial score (nSPS) is 12.6. The summed E-state index contributed by atoms with van der Waals surface area (Å²) in [7, 11) is 7.79.